The zero-order chi connectivity index (χ0) is 16.9. The van der Waals surface area contributed by atoms with Crippen molar-refractivity contribution >= 4 is 11.6 Å². The van der Waals surface area contributed by atoms with Gasteiger partial charge < -0.3 is 5.32 Å². The molecule has 0 radical (unpaired) electrons. The number of hydrogen-bond acceptors (Lipinski definition) is 4. The van der Waals surface area contributed by atoms with Crippen LogP contribution in [0.1, 0.15) is 35.8 Å². The minimum absolute atomic E-state index is 0.181. The number of benzene rings is 1. The van der Waals surface area contributed by atoms with Crippen LogP contribution in [0.25, 0.3) is 0 Å². The SMILES string of the molecule is C[C@H]1CCCN(Cc2ccc(NC(=O)c3ccc(=O)[nH]n3)cc2)C1. The highest BCUT2D eigenvalue weighted by atomic mass is 16.2. The molecule has 1 amide bonds. The molecule has 1 aliphatic rings. The molecule has 1 fully saturated rings. The fourth-order valence-electron chi connectivity index (χ4n) is 3.05. The monoisotopic (exact) mass is 326 g/mol. The van der Waals surface area contributed by atoms with Crippen molar-refractivity contribution in [2.45, 2.75) is 26.3 Å². The number of piperidine rings is 1. The second-order valence-electron chi connectivity index (χ2n) is 6.44. The number of carbonyl (C=O) groups excluding carboxylic acids is 1. The van der Waals surface area contributed by atoms with Crippen LogP contribution in [0.15, 0.2) is 41.2 Å². The van der Waals surface area contributed by atoms with E-state index in [2.05, 4.69) is 27.3 Å². The lowest BCUT2D eigenvalue weighted by Gasteiger charge is -2.30. The molecule has 6 heteroatoms. The van der Waals surface area contributed by atoms with Gasteiger partial charge in [0, 0.05) is 24.8 Å². The zero-order valence-electron chi connectivity index (χ0n) is 13.8. The van der Waals surface area contributed by atoms with Gasteiger partial charge in [-0.2, -0.15) is 5.10 Å². The van der Waals surface area contributed by atoms with Crippen LogP contribution >= 0.6 is 0 Å². The third-order valence-electron chi connectivity index (χ3n) is 4.27. The van der Waals surface area contributed by atoms with Crippen LogP contribution in [0, 0.1) is 5.92 Å². The summed E-state index contributed by atoms with van der Waals surface area (Å²) in [4.78, 5) is 25.5. The number of hydrogen-bond donors (Lipinski definition) is 2. The first-order valence-electron chi connectivity index (χ1n) is 8.28. The highest BCUT2D eigenvalue weighted by molar-refractivity contribution is 6.02. The second-order valence-corrected chi connectivity index (χ2v) is 6.44. The highest BCUT2D eigenvalue weighted by Crippen LogP contribution is 2.19. The van der Waals surface area contributed by atoms with Crippen LogP contribution < -0.4 is 10.9 Å². The van der Waals surface area contributed by atoms with E-state index in [0.29, 0.717) is 5.69 Å². The molecule has 0 unspecified atom stereocenters. The predicted octanol–water partition coefficient (Wildman–Crippen LogP) is 2.25. The Bertz CT molecular complexity index is 734. The van der Waals surface area contributed by atoms with E-state index in [1.807, 2.05) is 24.3 Å². The molecule has 2 aromatic rings. The van der Waals surface area contributed by atoms with Crippen LogP contribution in [0.2, 0.25) is 0 Å². The van der Waals surface area contributed by atoms with Gasteiger partial charge in [-0.25, -0.2) is 5.10 Å². The third-order valence-corrected chi connectivity index (χ3v) is 4.27. The van der Waals surface area contributed by atoms with Gasteiger partial charge in [0.15, 0.2) is 0 Å². The molecular formula is C18H22N4O2. The normalized spacial score (nSPS) is 18.3. The van der Waals surface area contributed by atoms with Gasteiger partial charge in [-0.1, -0.05) is 19.1 Å². The Morgan fingerprint density at radius 1 is 1.29 bits per heavy atom. The zero-order valence-corrected chi connectivity index (χ0v) is 13.8. The van der Waals surface area contributed by atoms with Crippen molar-refractivity contribution in [1.82, 2.24) is 15.1 Å². The maximum atomic E-state index is 12.1. The molecule has 1 aliphatic heterocycles. The number of likely N-dealkylation sites (tertiary alicyclic amines) is 1. The average molecular weight is 326 g/mol. The molecule has 3 rings (SSSR count). The minimum atomic E-state index is -0.344. The number of H-pyrrole nitrogens is 1. The molecule has 6 nitrogen and oxygen atoms in total. The molecule has 0 bridgehead atoms. The predicted molar refractivity (Wildman–Crippen MR) is 92.9 cm³/mol. The lowest BCUT2D eigenvalue weighted by Crippen LogP contribution is -2.33. The van der Waals surface area contributed by atoms with Crippen molar-refractivity contribution in [1.29, 1.82) is 0 Å². The topological polar surface area (TPSA) is 78.1 Å². The summed E-state index contributed by atoms with van der Waals surface area (Å²) in [7, 11) is 0. The number of carbonyl (C=O) groups is 1. The fraction of sp³-hybridized carbons (Fsp3) is 0.389. The molecule has 2 N–H and O–H groups in total. The van der Waals surface area contributed by atoms with Gasteiger partial charge in [0.1, 0.15) is 5.69 Å². The van der Waals surface area contributed by atoms with Crippen LogP contribution in [0.4, 0.5) is 5.69 Å². The first-order valence-corrected chi connectivity index (χ1v) is 8.28. The van der Waals surface area contributed by atoms with Gasteiger partial charge in [-0.15, -0.1) is 0 Å². The molecule has 1 aromatic heterocycles. The minimum Gasteiger partial charge on any atom is -0.321 e. The number of aromatic amines is 1. The van der Waals surface area contributed by atoms with E-state index >= 15 is 0 Å². The molecule has 0 saturated carbocycles. The van der Waals surface area contributed by atoms with Gasteiger partial charge in [0.2, 0.25) is 0 Å². The molecule has 2 heterocycles. The van der Waals surface area contributed by atoms with Crippen LogP contribution in [0.3, 0.4) is 0 Å². The van der Waals surface area contributed by atoms with E-state index in [4.69, 9.17) is 0 Å². The van der Waals surface area contributed by atoms with E-state index in [0.717, 1.165) is 25.6 Å². The molecule has 24 heavy (non-hydrogen) atoms. The molecule has 1 aromatic carbocycles. The van der Waals surface area contributed by atoms with E-state index in [1.165, 1.54) is 30.5 Å². The standard InChI is InChI=1S/C18H22N4O2/c1-13-3-2-10-22(11-13)12-14-4-6-15(7-5-14)19-18(24)16-8-9-17(23)21-20-16/h4-9,13H,2-3,10-12H2,1H3,(H,19,24)(H,21,23)/t13-/m0/s1. The maximum absolute atomic E-state index is 12.1. The van der Waals surface area contributed by atoms with Crippen LogP contribution in [-0.4, -0.2) is 34.1 Å². The molecule has 126 valence electrons. The average Bonchev–Trinajstić information content (AvgIpc) is 2.57. The van der Waals surface area contributed by atoms with Crippen molar-refractivity contribution in [3.63, 3.8) is 0 Å². The van der Waals surface area contributed by atoms with Crippen molar-refractivity contribution in [3.05, 3.63) is 58.0 Å². The van der Waals surface area contributed by atoms with E-state index in [-0.39, 0.29) is 17.2 Å². The quantitative estimate of drug-likeness (QED) is 0.903. The molecule has 1 saturated heterocycles. The first-order chi connectivity index (χ1) is 11.6. The fourth-order valence-corrected chi connectivity index (χ4v) is 3.05. The largest absolute Gasteiger partial charge is 0.321 e. The van der Waals surface area contributed by atoms with E-state index in [9.17, 15) is 9.59 Å². The van der Waals surface area contributed by atoms with Crippen LogP contribution in [-0.2, 0) is 6.54 Å². The number of nitrogens with zero attached hydrogens (tertiary/aromatic N) is 2. The number of rotatable bonds is 4. The number of anilines is 1. The lowest BCUT2D eigenvalue weighted by atomic mass is 10.00. The molecule has 0 aliphatic carbocycles. The van der Waals surface area contributed by atoms with Crippen molar-refractivity contribution in [2.24, 2.45) is 5.92 Å². The summed E-state index contributed by atoms with van der Waals surface area (Å²) < 4.78 is 0. The summed E-state index contributed by atoms with van der Waals surface area (Å²) >= 11 is 0. The van der Waals surface area contributed by atoms with Gasteiger partial charge >= 0.3 is 0 Å². The third kappa shape index (κ3) is 4.29. The second kappa shape index (κ2) is 7.40. The van der Waals surface area contributed by atoms with Crippen molar-refractivity contribution in [3.8, 4) is 0 Å². The number of amides is 1. The van der Waals surface area contributed by atoms with E-state index in [1.54, 1.807) is 0 Å². The Balaban J connectivity index is 1.59. The van der Waals surface area contributed by atoms with Gasteiger partial charge in [0.05, 0.1) is 0 Å². The molecule has 0 spiro atoms. The summed E-state index contributed by atoms with van der Waals surface area (Å²) in [6.07, 6.45) is 2.59. The van der Waals surface area contributed by atoms with Gasteiger partial charge in [-0.3, -0.25) is 14.5 Å². The Labute approximate surface area is 140 Å². The Hall–Kier alpha value is -2.47. The molecule has 1 atom stereocenters. The van der Waals surface area contributed by atoms with Crippen molar-refractivity contribution in [2.75, 3.05) is 18.4 Å². The van der Waals surface area contributed by atoms with Crippen LogP contribution in [0.5, 0.6) is 0 Å². The number of nitrogens with one attached hydrogen (secondary N) is 2. The smallest absolute Gasteiger partial charge is 0.276 e. The lowest BCUT2D eigenvalue weighted by molar-refractivity contribution is 0.102. The Morgan fingerprint density at radius 3 is 2.75 bits per heavy atom. The molecular weight excluding hydrogens is 304 g/mol. The summed E-state index contributed by atoms with van der Waals surface area (Å²) in [6, 6.07) is 10.5. The number of aromatic nitrogens is 2. The summed E-state index contributed by atoms with van der Waals surface area (Å²) in [5.41, 5.74) is 1.80. The Kier molecular flexibility index (Phi) is 5.05. The van der Waals surface area contributed by atoms with Gasteiger partial charge in [-0.05, 0) is 49.1 Å². The Morgan fingerprint density at radius 2 is 2.08 bits per heavy atom. The van der Waals surface area contributed by atoms with Crippen molar-refractivity contribution < 1.29 is 4.79 Å². The first kappa shape index (κ1) is 16.4. The summed E-state index contributed by atoms with van der Waals surface area (Å²) in [5, 5.41) is 8.75. The highest BCUT2D eigenvalue weighted by Gasteiger charge is 2.16. The summed E-state index contributed by atoms with van der Waals surface area (Å²) in [6.45, 7) is 5.55. The van der Waals surface area contributed by atoms with Gasteiger partial charge in [0.25, 0.3) is 11.5 Å². The summed E-state index contributed by atoms with van der Waals surface area (Å²) in [5.74, 6) is 0.422. The van der Waals surface area contributed by atoms with E-state index < -0.39 is 0 Å². The maximum Gasteiger partial charge on any atom is 0.276 e.